The summed E-state index contributed by atoms with van der Waals surface area (Å²) in [6, 6.07) is 13.0. The SMILES string of the molecule is COc1ccc(-c2nc(-c3cc(C(=O)O)c(C)n3Cc3cc(OC)c(OC)c(OC)c3)cs2)cc1. The zero-order valence-electron chi connectivity index (χ0n) is 20.1. The van der Waals surface area contributed by atoms with Crippen LogP contribution >= 0.6 is 11.3 Å². The molecule has 0 radical (unpaired) electrons. The number of rotatable bonds is 9. The minimum atomic E-state index is -0.988. The van der Waals surface area contributed by atoms with Crippen LogP contribution in [0.3, 0.4) is 0 Å². The van der Waals surface area contributed by atoms with Crippen LogP contribution in [0.5, 0.6) is 23.0 Å². The summed E-state index contributed by atoms with van der Waals surface area (Å²) in [6.07, 6.45) is 0. The van der Waals surface area contributed by atoms with E-state index in [1.807, 2.05) is 46.3 Å². The fourth-order valence-electron chi connectivity index (χ4n) is 3.94. The Bertz CT molecular complexity index is 1330. The first-order valence-corrected chi connectivity index (χ1v) is 11.6. The molecular weight excluding hydrogens is 468 g/mol. The van der Waals surface area contributed by atoms with Crippen LogP contribution in [0.15, 0.2) is 47.8 Å². The molecule has 0 spiro atoms. The summed E-state index contributed by atoms with van der Waals surface area (Å²) in [5, 5.41) is 12.5. The smallest absolute Gasteiger partial charge is 0.337 e. The van der Waals surface area contributed by atoms with Crippen molar-refractivity contribution in [2.24, 2.45) is 0 Å². The highest BCUT2D eigenvalue weighted by Crippen LogP contribution is 2.39. The van der Waals surface area contributed by atoms with Gasteiger partial charge in [0, 0.05) is 23.2 Å². The monoisotopic (exact) mass is 494 g/mol. The number of ether oxygens (including phenoxy) is 4. The second kappa shape index (κ2) is 10.1. The molecule has 182 valence electrons. The maximum absolute atomic E-state index is 11.9. The van der Waals surface area contributed by atoms with E-state index in [0.717, 1.165) is 21.9 Å². The standard InChI is InChI=1S/C26H26N2O6S/c1-15-19(26(29)30)12-21(20-14-35-25(27-20)17-6-8-18(31-2)9-7-17)28(15)13-16-10-22(32-3)24(34-5)23(11-16)33-4/h6-12,14H,13H2,1-5H3,(H,29,30). The average molecular weight is 495 g/mol. The molecule has 0 unspecified atom stereocenters. The van der Waals surface area contributed by atoms with Crippen molar-refractivity contribution in [3.05, 3.63) is 64.7 Å². The minimum absolute atomic E-state index is 0.228. The quantitative estimate of drug-likeness (QED) is 0.334. The van der Waals surface area contributed by atoms with Crippen molar-refractivity contribution in [2.45, 2.75) is 13.5 Å². The van der Waals surface area contributed by atoms with Gasteiger partial charge < -0.3 is 28.6 Å². The largest absolute Gasteiger partial charge is 0.497 e. The molecular formula is C26H26N2O6S. The predicted molar refractivity (Wildman–Crippen MR) is 134 cm³/mol. The van der Waals surface area contributed by atoms with Gasteiger partial charge in [0.1, 0.15) is 10.8 Å². The molecule has 4 rings (SSSR count). The highest BCUT2D eigenvalue weighted by Gasteiger charge is 2.21. The highest BCUT2D eigenvalue weighted by atomic mass is 32.1. The molecule has 0 fully saturated rings. The molecule has 9 heteroatoms. The van der Waals surface area contributed by atoms with Gasteiger partial charge in [-0.05, 0) is 55.0 Å². The van der Waals surface area contributed by atoms with Crippen molar-refractivity contribution >= 4 is 17.3 Å². The van der Waals surface area contributed by atoms with Gasteiger partial charge in [-0.1, -0.05) is 0 Å². The number of methoxy groups -OCH3 is 4. The van der Waals surface area contributed by atoms with Gasteiger partial charge in [-0.2, -0.15) is 0 Å². The number of carboxylic acids is 1. The van der Waals surface area contributed by atoms with Gasteiger partial charge in [-0.25, -0.2) is 9.78 Å². The van der Waals surface area contributed by atoms with Gasteiger partial charge in [-0.15, -0.1) is 11.3 Å². The van der Waals surface area contributed by atoms with E-state index in [2.05, 4.69) is 0 Å². The van der Waals surface area contributed by atoms with Crippen LogP contribution in [-0.2, 0) is 6.54 Å². The number of aromatic carboxylic acids is 1. The topological polar surface area (TPSA) is 92.0 Å². The molecule has 2 aromatic heterocycles. The molecule has 2 aromatic carbocycles. The molecule has 0 aliphatic rings. The summed E-state index contributed by atoms with van der Waals surface area (Å²) in [6.45, 7) is 2.18. The third-order valence-corrected chi connectivity index (χ3v) is 6.66. The van der Waals surface area contributed by atoms with Crippen molar-refractivity contribution in [3.63, 3.8) is 0 Å². The first-order chi connectivity index (χ1) is 16.9. The van der Waals surface area contributed by atoms with Gasteiger partial charge in [0.2, 0.25) is 5.75 Å². The molecule has 35 heavy (non-hydrogen) atoms. The van der Waals surface area contributed by atoms with Gasteiger partial charge in [0.25, 0.3) is 0 Å². The highest BCUT2D eigenvalue weighted by molar-refractivity contribution is 7.13. The Morgan fingerprint density at radius 2 is 1.63 bits per heavy atom. The summed E-state index contributed by atoms with van der Waals surface area (Å²) in [5.41, 5.74) is 4.09. The number of benzene rings is 2. The zero-order chi connectivity index (χ0) is 25.1. The Kier molecular flexibility index (Phi) is 6.97. The van der Waals surface area contributed by atoms with Crippen molar-refractivity contribution < 1.29 is 28.8 Å². The van der Waals surface area contributed by atoms with Crippen molar-refractivity contribution in [1.29, 1.82) is 0 Å². The number of thiazole rings is 1. The Labute approximate surface area is 207 Å². The van der Waals surface area contributed by atoms with E-state index < -0.39 is 5.97 Å². The predicted octanol–water partition coefficient (Wildman–Crippen LogP) is 5.37. The average Bonchev–Trinajstić information content (AvgIpc) is 3.48. The Hall–Kier alpha value is -3.98. The Morgan fingerprint density at radius 3 is 2.17 bits per heavy atom. The molecule has 1 N–H and O–H groups in total. The van der Waals surface area contributed by atoms with E-state index in [-0.39, 0.29) is 5.56 Å². The molecule has 0 bridgehead atoms. The number of aromatic nitrogens is 2. The number of carbonyl (C=O) groups is 1. The lowest BCUT2D eigenvalue weighted by Crippen LogP contribution is -2.07. The van der Waals surface area contributed by atoms with E-state index in [9.17, 15) is 9.90 Å². The summed E-state index contributed by atoms with van der Waals surface area (Å²) in [5.74, 6) is 1.34. The van der Waals surface area contributed by atoms with Crippen LogP contribution in [0.2, 0.25) is 0 Å². The third-order valence-electron chi connectivity index (χ3n) is 5.77. The van der Waals surface area contributed by atoms with Crippen LogP contribution in [0.25, 0.3) is 22.0 Å². The summed E-state index contributed by atoms with van der Waals surface area (Å²) in [4.78, 5) is 16.8. The number of hydrogen-bond acceptors (Lipinski definition) is 7. The number of nitrogens with zero attached hydrogens (tertiary/aromatic N) is 2. The third kappa shape index (κ3) is 4.67. The normalized spacial score (nSPS) is 10.8. The second-order valence-electron chi connectivity index (χ2n) is 7.72. The molecule has 4 aromatic rings. The van der Waals surface area contributed by atoms with Crippen molar-refractivity contribution in [1.82, 2.24) is 9.55 Å². The van der Waals surface area contributed by atoms with E-state index in [1.165, 1.54) is 11.3 Å². The lowest BCUT2D eigenvalue weighted by molar-refractivity contribution is 0.0696. The van der Waals surface area contributed by atoms with Crippen LogP contribution in [0, 0.1) is 6.92 Å². The first-order valence-electron chi connectivity index (χ1n) is 10.7. The molecule has 0 amide bonds. The second-order valence-corrected chi connectivity index (χ2v) is 8.58. The van der Waals surface area contributed by atoms with Crippen LogP contribution in [0.4, 0.5) is 0 Å². The first kappa shape index (κ1) is 24.2. The molecule has 0 saturated heterocycles. The van der Waals surface area contributed by atoms with Crippen molar-refractivity contribution in [2.75, 3.05) is 28.4 Å². The lowest BCUT2D eigenvalue weighted by Gasteiger charge is -2.16. The fraction of sp³-hybridized carbons (Fsp3) is 0.231. The van der Waals surface area contributed by atoms with Gasteiger partial charge in [0.15, 0.2) is 11.5 Å². The lowest BCUT2D eigenvalue weighted by atomic mass is 10.1. The molecule has 2 heterocycles. The molecule has 0 atom stereocenters. The van der Waals surface area contributed by atoms with Crippen LogP contribution in [0.1, 0.15) is 21.6 Å². The number of carboxylic acid groups (broad SMARTS) is 1. The molecule has 0 aliphatic carbocycles. The van der Waals surface area contributed by atoms with E-state index in [4.69, 9.17) is 23.9 Å². The summed E-state index contributed by atoms with van der Waals surface area (Å²) >= 11 is 1.50. The number of hydrogen-bond donors (Lipinski definition) is 1. The van der Waals surface area contributed by atoms with Gasteiger partial charge in [-0.3, -0.25) is 0 Å². The Morgan fingerprint density at radius 1 is 0.971 bits per heavy atom. The molecule has 8 nitrogen and oxygen atoms in total. The Balaban J connectivity index is 1.77. The van der Waals surface area contributed by atoms with Crippen LogP contribution < -0.4 is 18.9 Å². The maximum atomic E-state index is 11.9. The summed E-state index contributed by atoms with van der Waals surface area (Å²) in [7, 11) is 6.30. The van der Waals surface area contributed by atoms with E-state index in [1.54, 1.807) is 41.4 Å². The van der Waals surface area contributed by atoms with Gasteiger partial charge >= 0.3 is 5.97 Å². The molecule has 0 aliphatic heterocycles. The van der Waals surface area contributed by atoms with Crippen LogP contribution in [-0.4, -0.2) is 49.1 Å². The molecule has 0 saturated carbocycles. The zero-order valence-corrected chi connectivity index (χ0v) is 20.9. The van der Waals surface area contributed by atoms with E-state index in [0.29, 0.717) is 40.9 Å². The maximum Gasteiger partial charge on any atom is 0.337 e. The summed E-state index contributed by atoms with van der Waals surface area (Å²) < 4.78 is 23.6. The fourth-order valence-corrected chi connectivity index (χ4v) is 4.76. The minimum Gasteiger partial charge on any atom is -0.497 e. The van der Waals surface area contributed by atoms with Gasteiger partial charge in [0.05, 0.1) is 45.4 Å². The van der Waals surface area contributed by atoms with Crippen molar-refractivity contribution in [3.8, 4) is 45.0 Å². The van der Waals surface area contributed by atoms with E-state index >= 15 is 0 Å².